The first-order valence-corrected chi connectivity index (χ1v) is 8.34. The average Bonchev–Trinajstić information content (AvgIpc) is 3.31. The van der Waals surface area contributed by atoms with E-state index in [4.69, 9.17) is 0 Å². The van der Waals surface area contributed by atoms with Crippen molar-refractivity contribution in [1.29, 1.82) is 0 Å². The molecule has 0 bridgehead atoms. The molecule has 1 amide bonds. The number of aromatic nitrogens is 2. The predicted molar refractivity (Wildman–Crippen MR) is 91.9 cm³/mol. The lowest BCUT2D eigenvalue weighted by Crippen LogP contribution is -2.16. The normalized spacial score (nSPS) is 22.7. The first kappa shape index (κ1) is 15.7. The number of carbonyl (C=O) groups excluding carboxylic acids is 1. The van der Waals surface area contributed by atoms with Crippen LogP contribution in [-0.4, -0.2) is 15.9 Å². The topological polar surface area (TPSA) is 54.9 Å². The summed E-state index contributed by atoms with van der Waals surface area (Å²) in [4.78, 5) is 21.2. The van der Waals surface area contributed by atoms with E-state index < -0.39 is 0 Å². The van der Waals surface area contributed by atoms with Crippen molar-refractivity contribution in [2.75, 3.05) is 5.32 Å². The molecule has 0 aromatic carbocycles. The molecular formula is C19H23N3O. The van der Waals surface area contributed by atoms with Crippen molar-refractivity contribution < 1.29 is 4.79 Å². The summed E-state index contributed by atoms with van der Waals surface area (Å²) in [5.41, 5.74) is 2.95. The fourth-order valence-electron chi connectivity index (χ4n) is 3.55. The Labute approximate surface area is 137 Å². The van der Waals surface area contributed by atoms with E-state index in [0.717, 1.165) is 29.7 Å². The number of nitrogens with zero attached hydrogens (tertiary/aromatic N) is 2. The van der Waals surface area contributed by atoms with Crippen molar-refractivity contribution in [3.8, 4) is 11.3 Å². The lowest BCUT2D eigenvalue weighted by molar-refractivity contribution is -0.117. The molecule has 1 N–H and O–H groups in total. The molecule has 2 unspecified atom stereocenters. The van der Waals surface area contributed by atoms with Gasteiger partial charge in [0.1, 0.15) is 5.82 Å². The minimum Gasteiger partial charge on any atom is -0.310 e. The van der Waals surface area contributed by atoms with Gasteiger partial charge in [-0.2, -0.15) is 0 Å². The van der Waals surface area contributed by atoms with Crippen LogP contribution in [0.5, 0.6) is 0 Å². The Morgan fingerprint density at radius 2 is 1.91 bits per heavy atom. The van der Waals surface area contributed by atoms with Crippen molar-refractivity contribution in [3.63, 3.8) is 0 Å². The molecule has 1 aliphatic rings. The minimum atomic E-state index is 0.104. The van der Waals surface area contributed by atoms with Gasteiger partial charge >= 0.3 is 0 Å². The summed E-state index contributed by atoms with van der Waals surface area (Å²) in [7, 11) is 0. The standard InChI is InChI=1S/C19H23N3O/c1-4-13-14(5-2)18(13)19(23)22-17-10-15(12(3)11-21-17)16-8-6-7-9-20-16/h6-11,13-14,18H,4-5H2,1-3H3,(H,21,22,23). The Bertz CT molecular complexity index is 689. The molecule has 2 heterocycles. The summed E-state index contributed by atoms with van der Waals surface area (Å²) in [5.74, 6) is 1.91. The molecule has 4 nitrogen and oxygen atoms in total. The third kappa shape index (κ3) is 3.11. The number of nitrogens with one attached hydrogen (secondary N) is 1. The third-order valence-electron chi connectivity index (χ3n) is 4.87. The van der Waals surface area contributed by atoms with Crippen LogP contribution in [0.2, 0.25) is 0 Å². The molecule has 2 atom stereocenters. The highest BCUT2D eigenvalue weighted by Gasteiger charge is 2.51. The molecule has 3 rings (SSSR count). The summed E-state index contributed by atoms with van der Waals surface area (Å²) in [6.45, 7) is 6.32. The van der Waals surface area contributed by atoms with Crippen molar-refractivity contribution >= 4 is 11.7 Å². The zero-order chi connectivity index (χ0) is 16.4. The second kappa shape index (κ2) is 6.49. The first-order chi connectivity index (χ1) is 11.2. The number of pyridine rings is 2. The van der Waals surface area contributed by atoms with Gasteiger partial charge < -0.3 is 5.32 Å². The fourth-order valence-corrected chi connectivity index (χ4v) is 3.55. The van der Waals surface area contributed by atoms with Gasteiger partial charge in [0.15, 0.2) is 0 Å². The van der Waals surface area contributed by atoms with Gasteiger partial charge in [0.25, 0.3) is 0 Å². The Kier molecular flexibility index (Phi) is 4.42. The summed E-state index contributed by atoms with van der Waals surface area (Å²) < 4.78 is 0. The van der Waals surface area contributed by atoms with Gasteiger partial charge in [-0.15, -0.1) is 0 Å². The van der Waals surface area contributed by atoms with Crippen molar-refractivity contribution in [2.45, 2.75) is 33.6 Å². The molecule has 4 heteroatoms. The molecule has 1 aliphatic carbocycles. The van der Waals surface area contributed by atoms with Crippen LogP contribution in [0.4, 0.5) is 5.82 Å². The Balaban J connectivity index is 1.78. The van der Waals surface area contributed by atoms with E-state index in [1.54, 1.807) is 12.4 Å². The van der Waals surface area contributed by atoms with E-state index in [0.29, 0.717) is 17.7 Å². The Morgan fingerprint density at radius 3 is 2.52 bits per heavy atom. The van der Waals surface area contributed by atoms with Crippen LogP contribution >= 0.6 is 0 Å². The van der Waals surface area contributed by atoms with Crippen molar-refractivity contribution in [1.82, 2.24) is 9.97 Å². The molecule has 0 radical (unpaired) electrons. The summed E-state index contributed by atoms with van der Waals surface area (Å²) in [5, 5.41) is 2.99. The zero-order valence-corrected chi connectivity index (χ0v) is 13.9. The van der Waals surface area contributed by atoms with Gasteiger partial charge in [0, 0.05) is 23.9 Å². The average molecular weight is 309 g/mol. The lowest BCUT2D eigenvalue weighted by atomic mass is 10.1. The van der Waals surface area contributed by atoms with E-state index >= 15 is 0 Å². The molecule has 0 spiro atoms. The van der Waals surface area contributed by atoms with Gasteiger partial charge in [-0.25, -0.2) is 4.98 Å². The maximum absolute atomic E-state index is 12.5. The highest BCUT2D eigenvalue weighted by molar-refractivity contribution is 5.94. The van der Waals surface area contributed by atoms with Crippen LogP contribution in [0.3, 0.4) is 0 Å². The SMILES string of the molecule is CCC1C(CC)C1C(=O)Nc1cc(-c2ccccn2)c(C)cn1. The second-order valence-electron chi connectivity index (χ2n) is 6.26. The number of hydrogen-bond donors (Lipinski definition) is 1. The monoisotopic (exact) mass is 309 g/mol. The highest BCUT2D eigenvalue weighted by atomic mass is 16.2. The highest BCUT2D eigenvalue weighted by Crippen LogP contribution is 2.51. The minimum absolute atomic E-state index is 0.104. The largest absolute Gasteiger partial charge is 0.310 e. The second-order valence-corrected chi connectivity index (χ2v) is 6.26. The molecule has 0 aliphatic heterocycles. The number of rotatable bonds is 5. The van der Waals surface area contributed by atoms with Crippen LogP contribution in [-0.2, 0) is 4.79 Å². The van der Waals surface area contributed by atoms with Crippen LogP contribution < -0.4 is 5.32 Å². The zero-order valence-electron chi connectivity index (χ0n) is 13.9. The summed E-state index contributed by atoms with van der Waals surface area (Å²) >= 11 is 0. The Hall–Kier alpha value is -2.23. The van der Waals surface area contributed by atoms with Crippen molar-refractivity contribution in [3.05, 3.63) is 42.2 Å². The van der Waals surface area contributed by atoms with Gasteiger partial charge in [-0.05, 0) is 42.5 Å². The third-order valence-corrected chi connectivity index (χ3v) is 4.87. The molecule has 2 aromatic heterocycles. The number of carbonyl (C=O) groups is 1. The first-order valence-electron chi connectivity index (χ1n) is 8.34. The smallest absolute Gasteiger partial charge is 0.229 e. The lowest BCUT2D eigenvalue weighted by Gasteiger charge is -2.09. The number of anilines is 1. The van der Waals surface area contributed by atoms with Gasteiger partial charge in [-0.3, -0.25) is 9.78 Å². The Morgan fingerprint density at radius 1 is 1.17 bits per heavy atom. The van der Waals surface area contributed by atoms with E-state index in [2.05, 4.69) is 29.1 Å². The maximum Gasteiger partial charge on any atom is 0.229 e. The number of hydrogen-bond acceptors (Lipinski definition) is 3. The number of amides is 1. The molecule has 120 valence electrons. The van der Waals surface area contributed by atoms with E-state index in [9.17, 15) is 4.79 Å². The summed E-state index contributed by atoms with van der Waals surface area (Å²) in [6, 6.07) is 7.74. The molecule has 1 fully saturated rings. The molecular weight excluding hydrogens is 286 g/mol. The molecule has 2 aromatic rings. The van der Waals surface area contributed by atoms with Gasteiger partial charge in [-0.1, -0.05) is 32.8 Å². The van der Waals surface area contributed by atoms with Crippen molar-refractivity contribution in [2.24, 2.45) is 17.8 Å². The van der Waals surface area contributed by atoms with Crippen LogP contribution in [0.1, 0.15) is 32.3 Å². The predicted octanol–water partition coefficient (Wildman–Crippen LogP) is 4.07. The van der Waals surface area contributed by atoms with Gasteiger partial charge in [0.2, 0.25) is 5.91 Å². The molecule has 23 heavy (non-hydrogen) atoms. The van der Waals surface area contributed by atoms with Crippen LogP contribution in [0.15, 0.2) is 36.7 Å². The maximum atomic E-state index is 12.5. The van der Waals surface area contributed by atoms with E-state index in [-0.39, 0.29) is 11.8 Å². The van der Waals surface area contributed by atoms with Crippen LogP contribution in [0.25, 0.3) is 11.3 Å². The molecule has 0 saturated heterocycles. The van der Waals surface area contributed by atoms with Crippen LogP contribution in [0, 0.1) is 24.7 Å². The van der Waals surface area contributed by atoms with E-state index in [1.165, 1.54) is 0 Å². The molecule has 1 saturated carbocycles. The van der Waals surface area contributed by atoms with E-state index in [1.807, 2.05) is 31.2 Å². The van der Waals surface area contributed by atoms with Gasteiger partial charge in [0.05, 0.1) is 5.69 Å². The fraction of sp³-hybridized carbons (Fsp3) is 0.421. The quantitative estimate of drug-likeness (QED) is 0.905. The summed E-state index contributed by atoms with van der Waals surface area (Å²) in [6.07, 6.45) is 5.70. The number of aryl methyl sites for hydroxylation is 1.